The summed E-state index contributed by atoms with van der Waals surface area (Å²) in [6, 6.07) is 8.24. The molecule has 0 aliphatic carbocycles. The van der Waals surface area contributed by atoms with Crippen molar-refractivity contribution < 1.29 is 10.0 Å². The zero-order valence-electron chi connectivity index (χ0n) is 10.9. The summed E-state index contributed by atoms with van der Waals surface area (Å²) in [4.78, 5) is 14.8. The van der Waals surface area contributed by atoms with E-state index in [9.17, 15) is 15.2 Å². The van der Waals surface area contributed by atoms with Gasteiger partial charge < -0.3 is 5.11 Å². The van der Waals surface area contributed by atoms with Crippen LogP contribution in [0.3, 0.4) is 0 Å². The standard InChI is InChI=1S/C14H16N2O3/c1-3-12(9(2)17)14-6-4-10-8-11(16(18)19)5-7-13(10)15-14/h4-9,12,17H,3H2,1-2H3. The lowest BCUT2D eigenvalue weighted by Crippen LogP contribution is -2.15. The van der Waals surface area contributed by atoms with Crippen LogP contribution in [0, 0.1) is 10.1 Å². The molecule has 0 saturated carbocycles. The third-order valence-electron chi connectivity index (χ3n) is 3.31. The third-order valence-corrected chi connectivity index (χ3v) is 3.31. The van der Waals surface area contributed by atoms with Gasteiger partial charge in [-0.2, -0.15) is 0 Å². The molecule has 0 amide bonds. The largest absolute Gasteiger partial charge is 0.393 e. The predicted molar refractivity (Wildman–Crippen MR) is 73.1 cm³/mol. The van der Waals surface area contributed by atoms with Crippen LogP contribution in [0.1, 0.15) is 31.9 Å². The fraction of sp³-hybridized carbons (Fsp3) is 0.357. The summed E-state index contributed by atoms with van der Waals surface area (Å²) in [5.74, 6) is -0.0143. The fourth-order valence-corrected chi connectivity index (χ4v) is 2.25. The number of hydrogen-bond acceptors (Lipinski definition) is 4. The minimum absolute atomic E-state index is 0.0143. The Balaban J connectivity index is 2.47. The number of fused-ring (bicyclic) bond motifs is 1. The maximum atomic E-state index is 10.7. The number of benzene rings is 1. The van der Waals surface area contributed by atoms with E-state index in [1.165, 1.54) is 12.1 Å². The Kier molecular flexibility index (Phi) is 3.76. The molecule has 0 aliphatic rings. The van der Waals surface area contributed by atoms with E-state index < -0.39 is 11.0 Å². The van der Waals surface area contributed by atoms with E-state index in [2.05, 4.69) is 4.98 Å². The molecule has 2 rings (SSSR count). The second kappa shape index (κ2) is 5.32. The summed E-state index contributed by atoms with van der Waals surface area (Å²) in [7, 11) is 0. The van der Waals surface area contributed by atoms with E-state index in [1.807, 2.05) is 19.1 Å². The zero-order valence-corrected chi connectivity index (χ0v) is 10.9. The minimum atomic E-state index is -0.465. The molecule has 100 valence electrons. The van der Waals surface area contributed by atoms with Gasteiger partial charge in [-0.05, 0) is 25.5 Å². The highest BCUT2D eigenvalue weighted by atomic mass is 16.6. The topological polar surface area (TPSA) is 76.3 Å². The second-order valence-electron chi connectivity index (χ2n) is 4.63. The number of rotatable bonds is 4. The van der Waals surface area contributed by atoms with Crippen molar-refractivity contribution in [3.63, 3.8) is 0 Å². The average Bonchev–Trinajstić information content (AvgIpc) is 2.38. The molecule has 0 bridgehead atoms. The first-order valence-corrected chi connectivity index (χ1v) is 6.26. The average molecular weight is 260 g/mol. The molecule has 1 N–H and O–H groups in total. The van der Waals surface area contributed by atoms with Gasteiger partial charge in [-0.25, -0.2) is 0 Å². The summed E-state index contributed by atoms with van der Waals surface area (Å²) < 4.78 is 0. The van der Waals surface area contributed by atoms with Crippen LogP contribution in [-0.4, -0.2) is 21.1 Å². The number of nitro benzene ring substituents is 1. The molecule has 2 aromatic rings. The van der Waals surface area contributed by atoms with Crippen molar-refractivity contribution in [1.29, 1.82) is 0 Å². The summed E-state index contributed by atoms with van der Waals surface area (Å²) in [6.45, 7) is 3.75. The van der Waals surface area contributed by atoms with Gasteiger partial charge >= 0.3 is 0 Å². The molecule has 2 atom stereocenters. The first-order chi connectivity index (χ1) is 9.02. The van der Waals surface area contributed by atoms with Crippen molar-refractivity contribution in [3.05, 3.63) is 46.1 Å². The van der Waals surface area contributed by atoms with Crippen molar-refractivity contribution in [3.8, 4) is 0 Å². The maximum absolute atomic E-state index is 10.7. The van der Waals surface area contributed by atoms with E-state index in [1.54, 1.807) is 13.0 Å². The van der Waals surface area contributed by atoms with E-state index in [0.717, 1.165) is 17.5 Å². The molecular formula is C14H16N2O3. The Morgan fingerprint density at radius 2 is 2.11 bits per heavy atom. The molecular weight excluding hydrogens is 244 g/mol. The fourth-order valence-electron chi connectivity index (χ4n) is 2.25. The second-order valence-corrected chi connectivity index (χ2v) is 4.63. The zero-order chi connectivity index (χ0) is 14.0. The van der Waals surface area contributed by atoms with Crippen molar-refractivity contribution in [2.75, 3.05) is 0 Å². The summed E-state index contributed by atoms with van der Waals surface area (Å²) in [5.41, 5.74) is 1.59. The summed E-state index contributed by atoms with van der Waals surface area (Å²) in [6.07, 6.45) is 0.330. The Bertz CT molecular complexity index is 611. The molecule has 1 aromatic carbocycles. The number of aliphatic hydroxyl groups is 1. The van der Waals surface area contributed by atoms with Crippen LogP contribution in [0.2, 0.25) is 0 Å². The van der Waals surface area contributed by atoms with Crippen LogP contribution < -0.4 is 0 Å². The minimum Gasteiger partial charge on any atom is -0.393 e. The molecule has 1 heterocycles. The summed E-state index contributed by atoms with van der Waals surface area (Å²) >= 11 is 0. The molecule has 1 aromatic heterocycles. The number of pyridine rings is 1. The Hall–Kier alpha value is -2.01. The van der Waals surface area contributed by atoms with Gasteiger partial charge in [-0.3, -0.25) is 15.1 Å². The molecule has 0 aliphatic heterocycles. The molecule has 0 radical (unpaired) electrons. The lowest BCUT2D eigenvalue weighted by molar-refractivity contribution is -0.384. The lowest BCUT2D eigenvalue weighted by Gasteiger charge is -2.17. The van der Waals surface area contributed by atoms with E-state index >= 15 is 0 Å². The van der Waals surface area contributed by atoms with Crippen LogP contribution in [0.25, 0.3) is 10.9 Å². The number of non-ortho nitro benzene ring substituents is 1. The number of nitrogens with zero attached hydrogens (tertiary/aromatic N) is 2. The number of nitro groups is 1. The first kappa shape index (κ1) is 13.4. The highest BCUT2D eigenvalue weighted by Gasteiger charge is 2.17. The maximum Gasteiger partial charge on any atom is 0.270 e. The third kappa shape index (κ3) is 2.71. The van der Waals surface area contributed by atoms with Crippen LogP contribution in [0.5, 0.6) is 0 Å². The van der Waals surface area contributed by atoms with Gasteiger partial charge in [0, 0.05) is 29.1 Å². The Labute approximate surface area is 111 Å². The first-order valence-electron chi connectivity index (χ1n) is 6.26. The van der Waals surface area contributed by atoms with Crippen molar-refractivity contribution in [2.45, 2.75) is 32.3 Å². The molecule has 0 saturated heterocycles. The Morgan fingerprint density at radius 3 is 2.68 bits per heavy atom. The summed E-state index contributed by atoms with van der Waals surface area (Å²) in [5, 5.41) is 21.2. The Morgan fingerprint density at radius 1 is 1.37 bits per heavy atom. The monoisotopic (exact) mass is 260 g/mol. The number of hydrogen-bond donors (Lipinski definition) is 1. The van der Waals surface area contributed by atoms with Gasteiger partial charge in [0.1, 0.15) is 0 Å². The van der Waals surface area contributed by atoms with Crippen LogP contribution in [-0.2, 0) is 0 Å². The predicted octanol–water partition coefficient (Wildman–Crippen LogP) is 3.02. The smallest absolute Gasteiger partial charge is 0.270 e. The van der Waals surface area contributed by atoms with Gasteiger partial charge in [-0.1, -0.05) is 13.0 Å². The van der Waals surface area contributed by atoms with Gasteiger partial charge in [0.15, 0.2) is 0 Å². The highest BCUT2D eigenvalue weighted by molar-refractivity contribution is 5.81. The normalized spacial score (nSPS) is 14.3. The molecule has 19 heavy (non-hydrogen) atoms. The van der Waals surface area contributed by atoms with Crippen molar-refractivity contribution in [1.82, 2.24) is 4.98 Å². The van der Waals surface area contributed by atoms with E-state index in [-0.39, 0.29) is 11.6 Å². The van der Waals surface area contributed by atoms with Gasteiger partial charge in [0.05, 0.1) is 16.5 Å². The lowest BCUT2D eigenvalue weighted by atomic mass is 9.95. The number of aliphatic hydroxyl groups excluding tert-OH is 1. The quantitative estimate of drug-likeness (QED) is 0.677. The molecule has 2 unspecified atom stereocenters. The van der Waals surface area contributed by atoms with Crippen molar-refractivity contribution in [2.24, 2.45) is 0 Å². The molecule has 0 fully saturated rings. The van der Waals surface area contributed by atoms with Crippen LogP contribution in [0.4, 0.5) is 5.69 Å². The highest BCUT2D eigenvalue weighted by Crippen LogP contribution is 2.25. The van der Waals surface area contributed by atoms with Crippen LogP contribution in [0.15, 0.2) is 30.3 Å². The van der Waals surface area contributed by atoms with Crippen LogP contribution >= 0.6 is 0 Å². The van der Waals surface area contributed by atoms with Gasteiger partial charge in [0.25, 0.3) is 5.69 Å². The van der Waals surface area contributed by atoms with E-state index in [0.29, 0.717) is 5.52 Å². The SMILES string of the molecule is CCC(c1ccc2cc([N+](=O)[O-])ccc2n1)C(C)O. The number of aromatic nitrogens is 1. The molecule has 5 nitrogen and oxygen atoms in total. The van der Waals surface area contributed by atoms with E-state index in [4.69, 9.17) is 0 Å². The molecule has 0 spiro atoms. The molecule has 5 heteroatoms. The van der Waals surface area contributed by atoms with Gasteiger partial charge in [-0.15, -0.1) is 0 Å². The van der Waals surface area contributed by atoms with Gasteiger partial charge in [0.2, 0.25) is 0 Å². The van der Waals surface area contributed by atoms with Crippen molar-refractivity contribution >= 4 is 16.6 Å².